The van der Waals surface area contributed by atoms with E-state index in [1.807, 2.05) is 49.4 Å². The summed E-state index contributed by atoms with van der Waals surface area (Å²) >= 11 is 1.10. The van der Waals surface area contributed by atoms with Crippen molar-refractivity contribution in [3.63, 3.8) is 0 Å². The van der Waals surface area contributed by atoms with Gasteiger partial charge in [0.1, 0.15) is 16.1 Å². The number of aromatic nitrogens is 2. The zero-order valence-corrected chi connectivity index (χ0v) is 17.6. The van der Waals surface area contributed by atoms with Crippen LogP contribution in [0.25, 0.3) is 21.5 Å². The molecule has 3 N–H and O–H groups in total. The summed E-state index contributed by atoms with van der Waals surface area (Å²) in [5, 5.41) is 9.56. The SMILES string of the molecule is Cc1ccc(-c2ccc(S(=O)(=O)N[C@@H](Cc3nc4ccccc4[nH]3)C(=O)O)s2)cc1. The molecule has 2 heterocycles. The fraction of sp³-hybridized carbons (Fsp3) is 0.143. The number of para-hydroxylation sites is 2. The number of hydrogen-bond donors (Lipinski definition) is 3. The number of carboxylic acids is 1. The number of nitrogens with one attached hydrogen (secondary N) is 2. The molecule has 0 aliphatic carbocycles. The summed E-state index contributed by atoms with van der Waals surface area (Å²) in [6.45, 7) is 1.98. The maximum absolute atomic E-state index is 12.8. The van der Waals surface area contributed by atoms with Gasteiger partial charge in [-0.05, 0) is 36.8 Å². The fourth-order valence-corrected chi connectivity index (χ4v) is 5.58. The third-order valence-electron chi connectivity index (χ3n) is 4.61. The van der Waals surface area contributed by atoms with Crippen molar-refractivity contribution in [2.45, 2.75) is 23.6 Å². The molecule has 0 aliphatic heterocycles. The van der Waals surface area contributed by atoms with Crippen LogP contribution in [0.4, 0.5) is 0 Å². The van der Waals surface area contributed by atoms with E-state index in [4.69, 9.17) is 0 Å². The van der Waals surface area contributed by atoms with Crippen molar-refractivity contribution in [1.29, 1.82) is 0 Å². The number of rotatable bonds is 7. The van der Waals surface area contributed by atoms with E-state index < -0.39 is 22.0 Å². The zero-order chi connectivity index (χ0) is 21.3. The van der Waals surface area contributed by atoms with Gasteiger partial charge in [0.05, 0.1) is 11.0 Å². The molecule has 4 aromatic rings. The first-order chi connectivity index (χ1) is 14.3. The van der Waals surface area contributed by atoms with Gasteiger partial charge < -0.3 is 10.1 Å². The maximum Gasteiger partial charge on any atom is 0.322 e. The second-order valence-electron chi connectivity index (χ2n) is 6.90. The average molecular weight is 442 g/mol. The summed E-state index contributed by atoms with van der Waals surface area (Å²) in [5.74, 6) is -0.868. The molecule has 0 unspecified atom stereocenters. The first kappa shape index (κ1) is 20.3. The van der Waals surface area contributed by atoms with Gasteiger partial charge in [-0.1, -0.05) is 42.0 Å². The second kappa shape index (κ2) is 8.02. The Morgan fingerprint density at radius 3 is 2.57 bits per heavy atom. The van der Waals surface area contributed by atoms with Crippen molar-refractivity contribution < 1.29 is 18.3 Å². The molecular formula is C21H19N3O4S2. The summed E-state index contributed by atoms with van der Waals surface area (Å²) in [4.78, 5) is 19.9. The highest BCUT2D eigenvalue weighted by Crippen LogP contribution is 2.31. The van der Waals surface area contributed by atoms with E-state index in [0.29, 0.717) is 11.3 Å². The van der Waals surface area contributed by atoms with Crippen LogP contribution in [0.2, 0.25) is 0 Å². The Morgan fingerprint density at radius 2 is 1.87 bits per heavy atom. The lowest BCUT2D eigenvalue weighted by Gasteiger charge is -2.12. The highest BCUT2D eigenvalue weighted by molar-refractivity contribution is 7.91. The van der Waals surface area contributed by atoms with Crippen LogP contribution < -0.4 is 4.72 Å². The van der Waals surface area contributed by atoms with Gasteiger partial charge >= 0.3 is 5.97 Å². The van der Waals surface area contributed by atoms with Crippen LogP contribution in [-0.4, -0.2) is 35.5 Å². The van der Waals surface area contributed by atoms with Crippen LogP contribution in [0, 0.1) is 6.92 Å². The molecule has 1 atom stereocenters. The van der Waals surface area contributed by atoms with Crippen molar-refractivity contribution in [3.8, 4) is 10.4 Å². The van der Waals surface area contributed by atoms with Gasteiger partial charge in [-0.2, -0.15) is 4.72 Å². The number of thiophene rings is 1. The van der Waals surface area contributed by atoms with Crippen molar-refractivity contribution in [1.82, 2.24) is 14.7 Å². The molecule has 0 amide bonds. The van der Waals surface area contributed by atoms with Crippen molar-refractivity contribution in [3.05, 3.63) is 72.1 Å². The Hall–Kier alpha value is -3.01. The number of carboxylic acid groups (broad SMARTS) is 1. The van der Waals surface area contributed by atoms with Gasteiger partial charge in [-0.15, -0.1) is 11.3 Å². The van der Waals surface area contributed by atoms with E-state index in [1.165, 1.54) is 6.07 Å². The lowest BCUT2D eigenvalue weighted by atomic mass is 10.1. The molecule has 9 heteroatoms. The average Bonchev–Trinajstić information content (AvgIpc) is 3.35. The number of aliphatic carboxylic acids is 1. The highest BCUT2D eigenvalue weighted by Gasteiger charge is 2.28. The van der Waals surface area contributed by atoms with E-state index in [2.05, 4.69) is 14.7 Å². The molecule has 0 spiro atoms. The summed E-state index contributed by atoms with van der Waals surface area (Å²) in [6.07, 6.45) is -0.0978. The molecule has 4 rings (SSSR count). The minimum Gasteiger partial charge on any atom is -0.480 e. The number of benzene rings is 2. The molecule has 154 valence electrons. The maximum atomic E-state index is 12.8. The number of sulfonamides is 1. The van der Waals surface area contributed by atoms with E-state index in [0.717, 1.165) is 32.9 Å². The van der Waals surface area contributed by atoms with E-state index in [-0.39, 0.29) is 10.6 Å². The van der Waals surface area contributed by atoms with Crippen molar-refractivity contribution in [2.75, 3.05) is 0 Å². The van der Waals surface area contributed by atoms with Crippen molar-refractivity contribution >= 4 is 38.4 Å². The lowest BCUT2D eigenvalue weighted by Crippen LogP contribution is -2.42. The van der Waals surface area contributed by atoms with Gasteiger partial charge in [-0.3, -0.25) is 4.79 Å². The first-order valence-corrected chi connectivity index (χ1v) is 11.5. The van der Waals surface area contributed by atoms with Crippen LogP contribution in [-0.2, 0) is 21.2 Å². The summed E-state index contributed by atoms with van der Waals surface area (Å²) in [6, 6.07) is 16.9. The zero-order valence-electron chi connectivity index (χ0n) is 16.0. The minimum absolute atomic E-state index is 0.0638. The van der Waals surface area contributed by atoms with Crippen molar-refractivity contribution in [2.24, 2.45) is 0 Å². The second-order valence-corrected chi connectivity index (χ2v) is 9.93. The van der Waals surface area contributed by atoms with Gasteiger partial charge in [0.15, 0.2) is 0 Å². The van der Waals surface area contributed by atoms with E-state index >= 15 is 0 Å². The smallest absolute Gasteiger partial charge is 0.322 e. The van der Waals surface area contributed by atoms with Crippen LogP contribution in [0.15, 0.2) is 64.9 Å². The molecule has 0 aliphatic rings. The quantitative estimate of drug-likeness (QED) is 0.406. The Kier molecular flexibility index (Phi) is 5.42. The van der Waals surface area contributed by atoms with Crippen LogP contribution in [0.1, 0.15) is 11.4 Å². The topological polar surface area (TPSA) is 112 Å². The predicted octanol–water partition coefficient (Wildman–Crippen LogP) is 3.57. The number of hydrogen-bond acceptors (Lipinski definition) is 5. The number of fused-ring (bicyclic) bond motifs is 1. The predicted molar refractivity (Wildman–Crippen MR) is 116 cm³/mol. The lowest BCUT2D eigenvalue weighted by molar-refractivity contribution is -0.138. The molecule has 30 heavy (non-hydrogen) atoms. The number of aromatic amines is 1. The number of imidazole rings is 1. The number of aryl methyl sites for hydroxylation is 1. The van der Waals surface area contributed by atoms with Gasteiger partial charge in [0.2, 0.25) is 0 Å². The number of carbonyl (C=O) groups is 1. The van der Waals surface area contributed by atoms with Crippen LogP contribution in [0.5, 0.6) is 0 Å². The third-order valence-corrected chi connectivity index (χ3v) is 7.71. The van der Waals surface area contributed by atoms with Gasteiger partial charge in [0.25, 0.3) is 10.0 Å². The molecule has 7 nitrogen and oxygen atoms in total. The summed E-state index contributed by atoms with van der Waals surface area (Å²) in [5.41, 5.74) is 3.48. The van der Waals surface area contributed by atoms with Gasteiger partial charge in [0, 0.05) is 11.3 Å². The highest BCUT2D eigenvalue weighted by atomic mass is 32.2. The Bertz CT molecular complexity index is 1270. The molecule has 0 saturated carbocycles. The molecule has 0 fully saturated rings. The third kappa shape index (κ3) is 4.28. The molecule has 2 aromatic carbocycles. The van der Waals surface area contributed by atoms with Crippen LogP contribution in [0.3, 0.4) is 0 Å². The van der Waals surface area contributed by atoms with Crippen LogP contribution >= 0.6 is 11.3 Å². The monoisotopic (exact) mass is 441 g/mol. The standard InChI is InChI=1S/C21H19N3O4S2/c1-13-6-8-14(9-7-13)18-10-11-20(29-18)30(27,28)24-17(21(25)26)12-19-22-15-4-2-3-5-16(15)23-19/h2-11,17,24H,12H2,1H3,(H,22,23)(H,25,26)/t17-/m0/s1. The molecule has 0 saturated heterocycles. The number of nitrogens with zero attached hydrogens (tertiary/aromatic N) is 1. The Balaban J connectivity index is 1.55. The summed E-state index contributed by atoms with van der Waals surface area (Å²) in [7, 11) is -4.00. The fourth-order valence-electron chi connectivity index (χ4n) is 3.06. The number of H-pyrrole nitrogens is 1. The van der Waals surface area contributed by atoms with Gasteiger partial charge in [-0.25, -0.2) is 13.4 Å². The Labute approximate surface area is 177 Å². The van der Waals surface area contributed by atoms with E-state index in [1.54, 1.807) is 12.1 Å². The summed E-state index contributed by atoms with van der Waals surface area (Å²) < 4.78 is 28.0. The molecular weight excluding hydrogens is 422 g/mol. The normalized spacial score (nSPS) is 12.8. The largest absolute Gasteiger partial charge is 0.480 e. The minimum atomic E-state index is -4.00. The first-order valence-electron chi connectivity index (χ1n) is 9.17. The molecule has 2 aromatic heterocycles. The molecule has 0 radical (unpaired) electrons. The Morgan fingerprint density at radius 1 is 1.13 bits per heavy atom. The molecule has 0 bridgehead atoms. The van der Waals surface area contributed by atoms with E-state index in [9.17, 15) is 18.3 Å².